The van der Waals surface area contributed by atoms with Crippen LogP contribution in [0.3, 0.4) is 0 Å². The molecule has 1 aromatic heterocycles. The number of hydrogen-bond donors (Lipinski definition) is 2. The first-order valence-corrected chi connectivity index (χ1v) is 19.1. The molecule has 8 rings (SSSR count). The maximum Gasteiger partial charge on any atom is 0.329 e. The lowest BCUT2D eigenvalue weighted by molar-refractivity contribution is -0.144. The average molecular weight is 700 g/mol. The molecule has 0 unspecified atom stereocenters. The van der Waals surface area contributed by atoms with Gasteiger partial charge >= 0.3 is 5.97 Å². The normalized spacial score (nSPS) is 30.6. The molecule has 0 bridgehead atoms. The molecule has 1 saturated carbocycles. The second kappa shape index (κ2) is 13.2. The van der Waals surface area contributed by atoms with Crippen molar-refractivity contribution in [1.82, 2.24) is 9.88 Å². The van der Waals surface area contributed by atoms with E-state index in [4.69, 9.17) is 25.8 Å². The largest absolute Gasteiger partial charge is 0.493 e. The van der Waals surface area contributed by atoms with E-state index in [0.29, 0.717) is 42.2 Å². The van der Waals surface area contributed by atoms with Crippen LogP contribution in [0.15, 0.2) is 48.7 Å². The summed E-state index contributed by atoms with van der Waals surface area (Å²) >= 11 is 6.30. The molecular formula is C41H50ClN3O5. The number of rotatable bonds is 8. The number of carboxylic acids is 1. The molecule has 1 spiro atoms. The number of halogens is 1. The van der Waals surface area contributed by atoms with Gasteiger partial charge in [-0.3, -0.25) is 4.98 Å². The first kappa shape index (κ1) is 33.6. The van der Waals surface area contributed by atoms with Crippen molar-refractivity contribution in [1.29, 1.82) is 0 Å². The maximum absolute atomic E-state index is 13.0. The van der Waals surface area contributed by atoms with Crippen molar-refractivity contribution in [3.05, 3.63) is 76.1 Å². The number of nitrogens with one attached hydrogen (secondary N) is 1. The molecule has 1 saturated heterocycles. The Bertz CT molecular complexity index is 1760. The highest BCUT2D eigenvalue weighted by Gasteiger charge is 2.55. The first-order valence-electron chi connectivity index (χ1n) is 18.7. The number of pyridine rings is 1. The summed E-state index contributed by atoms with van der Waals surface area (Å²) in [5, 5.41) is 14.7. The van der Waals surface area contributed by atoms with Gasteiger partial charge in [0.05, 0.1) is 6.61 Å². The van der Waals surface area contributed by atoms with Crippen molar-refractivity contribution in [3.63, 3.8) is 0 Å². The fourth-order valence-electron chi connectivity index (χ4n) is 9.92. The molecule has 5 aliphatic rings. The molecule has 3 aromatic rings. The van der Waals surface area contributed by atoms with Gasteiger partial charge in [-0.05, 0) is 136 Å². The Kier molecular flexibility index (Phi) is 8.91. The summed E-state index contributed by atoms with van der Waals surface area (Å²) in [4.78, 5) is 20.0. The molecule has 5 atom stereocenters. The third-order valence-corrected chi connectivity index (χ3v) is 12.8. The maximum atomic E-state index is 13.0. The van der Waals surface area contributed by atoms with Gasteiger partial charge in [-0.15, -0.1) is 0 Å². The average Bonchev–Trinajstić information content (AvgIpc) is 3.37. The lowest BCUT2D eigenvalue weighted by Crippen LogP contribution is -2.53. The molecule has 8 nitrogen and oxygen atoms in total. The van der Waals surface area contributed by atoms with Crippen LogP contribution < -0.4 is 19.5 Å². The Labute approximate surface area is 300 Å². The van der Waals surface area contributed by atoms with Gasteiger partial charge in [0.1, 0.15) is 23.5 Å². The highest BCUT2D eigenvalue weighted by Crippen LogP contribution is 2.58. The van der Waals surface area contributed by atoms with Gasteiger partial charge in [0.15, 0.2) is 11.5 Å². The number of anilines is 1. The predicted octanol–water partition coefficient (Wildman–Crippen LogP) is 8.04. The number of fused-ring (bicyclic) bond motifs is 5. The summed E-state index contributed by atoms with van der Waals surface area (Å²) in [7, 11) is 2.14. The number of piperidine rings is 1. The van der Waals surface area contributed by atoms with Gasteiger partial charge in [0.2, 0.25) is 0 Å². The van der Waals surface area contributed by atoms with Crippen LogP contribution in [0.4, 0.5) is 5.69 Å². The van der Waals surface area contributed by atoms with Gasteiger partial charge in [-0.2, -0.15) is 0 Å². The zero-order valence-electron chi connectivity index (χ0n) is 29.6. The SMILES string of the molecule is C[C@@H](COc1ccnc2c1[C@H](C)CCC2)C[C@H]1Cc2cc3c(cc2C12CCC(Nc1cccc(Cl)c1)(C(=O)O)CC2)O[C@@H]1CN(C)CC[C@@H]1O3. The monoisotopic (exact) mass is 699 g/mol. The number of likely N-dealkylation sites (N-methyl/N-ethyl adjacent to an activating group) is 1. The molecule has 266 valence electrons. The van der Waals surface area contributed by atoms with E-state index in [0.717, 1.165) is 74.6 Å². The fourth-order valence-corrected chi connectivity index (χ4v) is 10.1. The number of ether oxygens (including phenoxy) is 3. The number of nitrogens with zero attached hydrogens (tertiary/aromatic N) is 2. The van der Waals surface area contributed by atoms with E-state index >= 15 is 0 Å². The van der Waals surface area contributed by atoms with Crippen LogP contribution in [-0.2, 0) is 23.1 Å². The topological polar surface area (TPSA) is 93.2 Å². The van der Waals surface area contributed by atoms with Gasteiger partial charge in [-0.25, -0.2) is 4.79 Å². The molecule has 2 N–H and O–H groups in total. The standard InChI is InChI=1S/C41H50ClN3O5/c1-25(24-48-34-10-16-43-32-9-4-6-26(2)38(32)34)18-28-19-27-20-35-36(50-37-23-45(3)17-11-33(37)49-35)22-31(27)40(28)12-14-41(15-13-40,39(46)47)44-30-8-5-7-29(42)21-30/h5,7-8,10,16,20-22,25-26,28,33,37,44H,4,6,9,11-15,17-19,23-24H2,1-3H3,(H,46,47)/t25-,26-,28+,33+,37-,40?,41?/m1/s1. The third-order valence-electron chi connectivity index (χ3n) is 12.6. The highest BCUT2D eigenvalue weighted by molar-refractivity contribution is 6.30. The minimum absolute atomic E-state index is 0.0131. The Hall–Kier alpha value is -3.49. The zero-order chi connectivity index (χ0) is 34.6. The summed E-state index contributed by atoms with van der Waals surface area (Å²) in [6, 6.07) is 13.9. The Morgan fingerprint density at radius 3 is 2.72 bits per heavy atom. The highest BCUT2D eigenvalue weighted by atomic mass is 35.5. The van der Waals surface area contributed by atoms with Crippen LogP contribution in [0.2, 0.25) is 5.02 Å². The van der Waals surface area contributed by atoms with Gasteiger partial charge < -0.3 is 29.5 Å². The summed E-state index contributed by atoms with van der Waals surface area (Å²) in [6.07, 6.45) is 10.8. The number of carbonyl (C=O) groups is 1. The molecule has 2 aromatic carbocycles. The first-order chi connectivity index (χ1) is 24.1. The summed E-state index contributed by atoms with van der Waals surface area (Å²) in [6.45, 7) is 7.09. The molecule has 2 fully saturated rings. The van der Waals surface area contributed by atoms with Gasteiger partial charge in [0.25, 0.3) is 0 Å². The molecule has 0 amide bonds. The van der Waals surface area contributed by atoms with Crippen LogP contribution >= 0.6 is 11.6 Å². The smallest absolute Gasteiger partial charge is 0.329 e. The van der Waals surface area contributed by atoms with E-state index in [1.165, 1.54) is 35.2 Å². The van der Waals surface area contributed by atoms with Crippen molar-refractivity contribution >= 4 is 23.3 Å². The molecule has 3 heterocycles. The number of likely N-dealkylation sites (tertiary alicyclic amines) is 1. The van der Waals surface area contributed by atoms with Crippen LogP contribution in [0, 0.1) is 11.8 Å². The van der Waals surface area contributed by atoms with Crippen LogP contribution in [0.25, 0.3) is 0 Å². The lowest BCUT2D eigenvalue weighted by atomic mass is 9.59. The van der Waals surface area contributed by atoms with Crippen molar-refractivity contribution in [2.75, 3.05) is 32.1 Å². The van der Waals surface area contributed by atoms with Crippen molar-refractivity contribution in [2.45, 2.75) is 107 Å². The van der Waals surface area contributed by atoms with E-state index in [1.807, 2.05) is 36.5 Å². The summed E-state index contributed by atoms with van der Waals surface area (Å²) in [5.41, 5.74) is 4.62. The van der Waals surface area contributed by atoms with Crippen LogP contribution in [0.5, 0.6) is 17.2 Å². The van der Waals surface area contributed by atoms with Crippen LogP contribution in [-0.4, -0.2) is 65.5 Å². The van der Waals surface area contributed by atoms with E-state index in [9.17, 15) is 9.90 Å². The minimum atomic E-state index is -1.07. The minimum Gasteiger partial charge on any atom is -0.493 e. The lowest BCUT2D eigenvalue weighted by Gasteiger charge is -2.47. The quantitative estimate of drug-likeness (QED) is 0.244. The van der Waals surface area contributed by atoms with Crippen molar-refractivity contribution in [2.24, 2.45) is 11.8 Å². The van der Waals surface area contributed by atoms with E-state index in [1.54, 1.807) is 0 Å². The predicted molar refractivity (Wildman–Crippen MR) is 195 cm³/mol. The third kappa shape index (κ3) is 6.10. The number of aliphatic carboxylic acids is 1. The number of hydrogen-bond acceptors (Lipinski definition) is 7. The van der Waals surface area contributed by atoms with E-state index < -0.39 is 11.5 Å². The molecule has 50 heavy (non-hydrogen) atoms. The molecule has 3 aliphatic carbocycles. The Morgan fingerprint density at radius 2 is 1.92 bits per heavy atom. The fraction of sp³-hybridized carbons (Fsp3) is 0.561. The zero-order valence-corrected chi connectivity index (χ0v) is 30.3. The second-order valence-corrected chi connectivity index (χ2v) is 16.5. The van der Waals surface area contributed by atoms with E-state index in [-0.39, 0.29) is 17.6 Å². The van der Waals surface area contributed by atoms with Crippen LogP contribution in [0.1, 0.15) is 93.5 Å². The molecule has 0 radical (unpaired) electrons. The number of aromatic nitrogens is 1. The molecular weight excluding hydrogens is 650 g/mol. The van der Waals surface area contributed by atoms with Gasteiger partial charge in [0, 0.05) is 47.7 Å². The second-order valence-electron chi connectivity index (χ2n) is 16.0. The number of aryl methyl sites for hydroxylation is 1. The van der Waals surface area contributed by atoms with Crippen molar-refractivity contribution < 1.29 is 24.1 Å². The Morgan fingerprint density at radius 1 is 1.12 bits per heavy atom. The summed E-state index contributed by atoms with van der Waals surface area (Å²) in [5.74, 6) is 2.98. The molecule has 9 heteroatoms. The van der Waals surface area contributed by atoms with Gasteiger partial charge in [-0.1, -0.05) is 31.5 Å². The van der Waals surface area contributed by atoms with Crippen molar-refractivity contribution in [3.8, 4) is 17.2 Å². The summed E-state index contributed by atoms with van der Waals surface area (Å²) < 4.78 is 19.9. The number of benzene rings is 2. The van der Waals surface area contributed by atoms with E-state index in [2.05, 4.69) is 48.2 Å². The Balaban J connectivity index is 1.07. The number of carboxylic acid groups (broad SMARTS) is 1. The molecule has 2 aliphatic heterocycles.